The van der Waals surface area contributed by atoms with Gasteiger partial charge < -0.3 is 10.0 Å². The van der Waals surface area contributed by atoms with E-state index in [0.29, 0.717) is 29.8 Å². The largest absolute Gasteiger partial charge is 0.481 e. The second-order valence-electron chi connectivity index (χ2n) is 6.53. The lowest BCUT2D eigenvalue weighted by atomic mass is 10.1. The molecular formula is C19H20BrN3O4. The molecule has 0 radical (unpaired) electrons. The molecule has 1 N–H and O–H groups in total. The summed E-state index contributed by atoms with van der Waals surface area (Å²) in [6.45, 7) is 2.47. The van der Waals surface area contributed by atoms with Crippen molar-refractivity contribution in [3.63, 3.8) is 0 Å². The molecule has 3 rings (SSSR count). The molecule has 8 heteroatoms. The average Bonchev–Trinajstić information content (AvgIpc) is 2.62. The normalized spacial score (nSPS) is 17.7. The molecule has 27 heavy (non-hydrogen) atoms. The summed E-state index contributed by atoms with van der Waals surface area (Å²) in [6.07, 6.45) is -0.0796. The molecule has 0 bridgehead atoms. The molecule has 1 saturated heterocycles. The fourth-order valence-corrected chi connectivity index (χ4v) is 4.09. The van der Waals surface area contributed by atoms with Crippen molar-refractivity contribution in [1.29, 1.82) is 0 Å². The first-order chi connectivity index (χ1) is 13.0. The number of hydrogen-bond donors (Lipinski definition) is 1. The van der Waals surface area contributed by atoms with Crippen molar-refractivity contribution < 1.29 is 14.8 Å². The molecule has 1 aliphatic heterocycles. The van der Waals surface area contributed by atoms with E-state index in [-0.39, 0.29) is 18.2 Å². The minimum absolute atomic E-state index is 0.0173. The van der Waals surface area contributed by atoms with Crippen LogP contribution in [0.4, 0.5) is 11.4 Å². The van der Waals surface area contributed by atoms with Gasteiger partial charge in [-0.05, 0) is 27.6 Å². The highest BCUT2D eigenvalue weighted by Gasteiger charge is 2.33. The third kappa shape index (κ3) is 4.64. The van der Waals surface area contributed by atoms with E-state index < -0.39 is 10.9 Å². The van der Waals surface area contributed by atoms with Crippen LogP contribution >= 0.6 is 15.9 Å². The number of nitrogens with zero attached hydrogens (tertiary/aromatic N) is 3. The van der Waals surface area contributed by atoms with Crippen molar-refractivity contribution in [2.24, 2.45) is 0 Å². The molecule has 7 nitrogen and oxygen atoms in total. The number of rotatable bonds is 6. The summed E-state index contributed by atoms with van der Waals surface area (Å²) in [7, 11) is 0. The number of benzene rings is 2. The third-order valence-electron chi connectivity index (χ3n) is 4.68. The zero-order chi connectivity index (χ0) is 19.4. The zero-order valence-electron chi connectivity index (χ0n) is 14.6. The van der Waals surface area contributed by atoms with Crippen molar-refractivity contribution >= 4 is 33.3 Å². The lowest BCUT2D eigenvalue weighted by Gasteiger charge is -2.42. The van der Waals surface area contributed by atoms with Crippen LogP contribution < -0.4 is 4.90 Å². The van der Waals surface area contributed by atoms with Crippen LogP contribution in [0.5, 0.6) is 0 Å². The highest BCUT2D eigenvalue weighted by atomic mass is 79.9. The van der Waals surface area contributed by atoms with Crippen LogP contribution in [0.3, 0.4) is 0 Å². The Bertz CT molecular complexity index is 831. The summed E-state index contributed by atoms with van der Waals surface area (Å²) in [5, 5.41) is 20.8. The highest BCUT2D eigenvalue weighted by Crippen LogP contribution is 2.38. The van der Waals surface area contributed by atoms with Gasteiger partial charge in [-0.1, -0.05) is 36.4 Å². The van der Waals surface area contributed by atoms with E-state index >= 15 is 0 Å². The first kappa shape index (κ1) is 19.3. The molecule has 1 atom stereocenters. The SMILES string of the molecule is O=C(O)C[C@@H]1CN(Cc2ccccc2)CCN1c1c(Br)cccc1[N+](=O)[O-]. The number of carboxylic acid groups (broad SMARTS) is 1. The number of nitro groups is 1. The number of carboxylic acids is 1. The molecular weight excluding hydrogens is 414 g/mol. The van der Waals surface area contributed by atoms with Gasteiger partial charge in [-0.15, -0.1) is 0 Å². The molecule has 0 aromatic heterocycles. The summed E-state index contributed by atoms with van der Waals surface area (Å²) in [6, 6.07) is 14.5. The monoisotopic (exact) mass is 433 g/mol. The Morgan fingerprint density at radius 1 is 1.19 bits per heavy atom. The van der Waals surface area contributed by atoms with Crippen molar-refractivity contribution in [3.8, 4) is 0 Å². The smallest absolute Gasteiger partial charge is 0.305 e. The molecule has 0 saturated carbocycles. The molecule has 0 spiro atoms. The maximum absolute atomic E-state index is 11.5. The molecule has 0 aliphatic carbocycles. The predicted octanol–water partition coefficient (Wildman–Crippen LogP) is 3.52. The summed E-state index contributed by atoms with van der Waals surface area (Å²) in [5.41, 5.74) is 1.59. The molecule has 0 unspecified atom stereocenters. The molecule has 1 heterocycles. The summed E-state index contributed by atoms with van der Waals surface area (Å²) < 4.78 is 0.601. The topological polar surface area (TPSA) is 86.9 Å². The van der Waals surface area contributed by atoms with Crippen LogP contribution in [0.2, 0.25) is 0 Å². The number of anilines is 1. The van der Waals surface area contributed by atoms with Gasteiger partial charge in [0, 0.05) is 36.7 Å². The fraction of sp³-hybridized carbons (Fsp3) is 0.316. The maximum Gasteiger partial charge on any atom is 0.305 e. The molecule has 2 aromatic rings. The molecule has 142 valence electrons. The molecule has 0 amide bonds. The van der Waals surface area contributed by atoms with Crippen LogP contribution in [0.1, 0.15) is 12.0 Å². The number of piperazine rings is 1. The number of aliphatic carboxylic acids is 1. The Morgan fingerprint density at radius 2 is 1.93 bits per heavy atom. The quantitative estimate of drug-likeness (QED) is 0.553. The number of halogens is 1. The number of para-hydroxylation sites is 1. The van der Waals surface area contributed by atoms with Gasteiger partial charge in [0.15, 0.2) is 0 Å². The third-order valence-corrected chi connectivity index (χ3v) is 5.32. The lowest BCUT2D eigenvalue weighted by Crippen LogP contribution is -2.54. The maximum atomic E-state index is 11.5. The average molecular weight is 434 g/mol. The van der Waals surface area contributed by atoms with E-state index in [9.17, 15) is 20.0 Å². The van der Waals surface area contributed by atoms with Gasteiger partial charge in [0.1, 0.15) is 5.69 Å². The second kappa shape index (κ2) is 8.49. The van der Waals surface area contributed by atoms with E-state index in [0.717, 1.165) is 12.1 Å². The zero-order valence-corrected chi connectivity index (χ0v) is 16.2. The van der Waals surface area contributed by atoms with Crippen molar-refractivity contribution in [2.45, 2.75) is 19.0 Å². The van der Waals surface area contributed by atoms with E-state index in [1.165, 1.54) is 6.07 Å². The van der Waals surface area contributed by atoms with Crippen LogP contribution in [0.15, 0.2) is 53.0 Å². The molecule has 2 aromatic carbocycles. The van der Waals surface area contributed by atoms with Gasteiger partial charge in [0.05, 0.1) is 17.4 Å². The number of nitro benzene ring substituents is 1. The minimum atomic E-state index is -0.915. The van der Waals surface area contributed by atoms with Gasteiger partial charge in [0.25, 0.3) is 5.69 Å². The van der Waals surface area contributed by atoms with Gasteiger partial charge in [-0.3, -0.25) is 19.8 Å². The summed E-state index contributed by atoms with van der Waals surface area (Å²) in [4.78, 5) is 26.5. The first-order valence-corrected chi connectivity index (χ1v) is 9.42. The van der Waals surface area contributed by atoms with Crippen molar-refractivity contribution in [1.82, 2.24) is 4.90 Å². The standard InChI is InChI=1S/C19H20BrN3O4/c20-16-7-4-8-17(23(26)27)19(16)22-10-9-21(13-15(22)11-18(24)25)12-14-5-2-1-3-6-14/h1-8,15H,9-13H2,(H,24,25)/t15-/m1/s1. The Balaban J connectivity index is 1.86. The van der Waals surface area contributed by atoms with Crippen LogP contribution in [0, 0.1) is 10.1 Å². The lowest BCUT2D eigenvalue weighted by molar-refractivity contribution is -0.384. The number of hydrogen-bond acceptors (Lipinski definition) is 5. The van der Waals surface area contributed by atoms with Crippen molar-refractivity contribution in [2.75, 3.05) is 24.5 Å². The van der Waals surface area contributed by atoms with Gasteiger partial charge in [-0.2, -0.15) is 0 Å². The predicted molar refractivity (Wildman–Crippen MR) is 106 cm³/mol. The summed E-state index contributed by atoms with van der Waals surface area (Å²) >= 11 is 3.41. The van der Waals surface area contributed by atoms with Gasteiger partial charge >= 0.3 is 5.97 Å². The Morgan fingerprint density at radius 3 is 2.59 bits per heavy atom. The second-order valence-corrected chi connectivity index (χ2v) is 7.38. The minimum Gasteiger partial charge on any atom is -0.481 e. The van der Waals surface area contributed by atoms with Gasteiger partial charge in [0.2, 0.25) is 0 Å². The van der Waals surface area contributed by atoms with E-state index in [4.69, 9.17) is 0 Å². The van der Waals surface area contributed by atoms with Crippen LogP contribution in [-0.4, -0.2) is 46.6 Å². The van der Waals surface area contributed by atoms with Gasteiger partial charge in [-0.25, -0.2) is 0 Å². The fourth-order valence-electron chi connectivity index (χ4n) is 3.51. The Labute approximate surface area is 165 Å². The first-order valence-electron chi connectivity index (χ1n) is 8.63. The Hall–Kier alpha value is -2.45. The molecule has 1 aliphatic rings. The summed E-state index contributed by atoms with van der Waals surface area (Å²) in [5.74, 6) is -0.915. The molecule has 1 fully saturated rings. The van der Waals surface area contributed by atoms with E-state index in [1.54, 1.807) is 12.1 Å². The number of carbonyl (C=O) groups is 1. The highest BCUT2D eigenvalue weighted by molar-refractivity contribution is 9.10. The Kier molecular flexibility index (Phi) is 6.08. The van der Waals surface area contributed by atoms with E-state index in [1.807, 2.05) is 35.2 Å². The van der Waals surface area contributed by atoms with Crippen molar-refractivity contribution in [3.05, 3.63) is 68.7 Å². The van der Waals surface area contributed by atoms with E-state index in [2.05, 4.69) is 20.8 Å². The van der Waals surface area contributed by atoms with Crippen LogP contribution in [0.25, 0.3) is 0 Å². The van der Waals surface area contributed by atoms with Crippen LogP contribution in [-0.2, 0) is 11.3 Å².